The lowest BCUT2D eigenvalue weighted by Crippen LogP contribution is -2.40. The third kappa shape index (κ3) is 2.86. The number of amides is 1. The predicted molar refractivity (Wildman–Crippen MR) is 88.3 cm³/mol. The zero-order chi connectivity index (χ0) is 17.1. The highest BCUT2D eigenvalue weighted by Crippen LogP contribution is 2.25. The highest BCUT2D eigenvalue weighted by atomic mass is 16.4. The Kier molecular flexibility index (Phi) is 4.30. The second-order valence-electron chi connectivity index (χ2n) is 5.73. The van der Waals surface area contributed by atoms with E-state index < -0.39 is 12.0 Å². The maximum Gasteiger partial charge on any atom is 0.326 e. The van der Waals surface area contributed by atoms with Crippen LogP contribution in [-0.2, 0) is 4.79 Å². The maximum absolute atomic E-state index is 12.5. The van der Waals surface area contributed by atoms with Crippen LogP contribution in [0.2, 0.25) is 0 Å². The summed E-state index contributed by atoms with van der Waals surface area (Å²) in [6.07, 6.45) is 1.20. The average Bonchev–Trinajstić information content (AvgIpc) is 3.11. The molecule has 1 aliphatic rings. The van der Waals surface area contributed by atoms with Crippen molar-refractivity contribution in [2.75, 3.05) is 6.54 Å². The van der Waals surface area contributed by atoms with Crippen LogP contribution < -0.4 is 0 Å². The molecule has 1 atom stereocenters. The van der Waals surface area contributed by atoms with Crippen molar-refractivity contribution in [3.05, 3.63) is 59.7 Å². The summed E-state index contributed by atoms with van der Waals surface area (Å²) < 4.78 is 0. The SMILES string of the molecule is N#Cc1ccccc1-c1ccc(C(=O)N2CCCC2C(=O)O)cc1. The van der Waals surface area contributed by atoms with Crippen molar-refractivity contribution < 1.29 is 14.7 Å². The van der Waals surface area contributed by atoms with Gasteiger partial charge in [0.25, 0.3) is 5.91 Å². The molecule has 120 valence electrons. The van der Waals surface area contributed by atoms with Crippen molar-refractivity contribution in [1.29, 1.82) is 5.26 Å². The summed E-state index contributed by atoms with van der Waals surface area (Å²) in [5.74, 6) is -1.22. The Hall–Kier alpha value is -3.13. The van der Waals surface area contributed by atoms with Crippen molar-refractivity contribution >= 4 is 11.9 Å². The molecule has 1 fully saturated rings. The highest BCUT2D eigenvalue weighted by molar-refractivity contribution is 5.97. The van der Waals surface area contributed by atoms with Crippen LogP contribution >= 0.6 is 0 Å². The quantitative estimate of drug-likeness (QED) is 0.942. The van der Waals surface area contributed by atoms with Crippen LogP contribution in [0, 0.1) is 11.3 Å². The molecule has 1 heterocycles. The first-order valence-electron chi connectivity index (χ1n) is 7.75. The third-order valence-corrected chi connectivity index (χ3v) is 4.29. The second-order valence-corrected chi connectivity index (χ2v) is 5.73. The van der Waals surface area contributed by atoms with E-state index in [1.54, 1.807) is 36.4 Å². The number of nitriles is 1. The van der Waals surface area contributed by atoms with Crippen LogP contribution in [-0.4, -0.2) is 34.5 Å². The third-order valence-electron chi connectivity index (χ3n) is 4.29. The Balaban J connectivity index is 1.86. The van der Waals surface area contributed by atoms with Gasteiger partial charge in [-0.3, -0.25) is 4.79 Å². The number of hydrogen-bond acceptors (Lipinski definition) is 3. The van der Waals surface area contributed by atoms with Crippen LogP contribution in [0.1, 0.15) is 28.8 Å². The molecule has 0 radical (unpaired) electrons. The number of carbonyl (C=O) groups is 2. The molecule has 5 nitrogen and oxygen atoms in total. The van der Waals surface area contributed by atoms with Crippen molar-refractivity contribution in [1.82, 2.24) is 4.90 Å². The minimum absolute atomic E-state index is 0.264. The Morgan fingerprint density at radius 1 is 1.12 bits per heavy atom. The van der Waals surface area contributed by atoms with Gasteiger partial charge < -0.3 is 10.0 Å². The molecule has 0 saturated carbocycles. The van der Waals surface area contributed by atoms with E-state index in [1.165, 1.54) is 4.90 Å². The number of nitrogens with zero attached hydrogens (tertiary/aromatic N) is 2. The van der Waals surface area contributed by atoms with Crippen molar-refractivity contribution in [2.45, 2.75) is 18.9 Å². The summed E-state index contributed by atoms with van der Waals surface area (Å²) in [4.78, 5) is 25.2. The molecule has 1 saturated heterocycles. The monoisotopic (exact) mass is 320 g/mol. The molecule has 1 N–H and O–H groups in total. The van der Waals surface area contributed by atoms with E-state index >= 15 is 0 Å². The van der Waals surface area contributed by atoms with Crippen LogP contribution in [0.15, 0.2) is 48.5 Å². The largest absolute Gasteiger partial charge is 0.480 e. The van der Waals surface area contributed by atoms with Crippen LogP contribution in [0.3, 0.4) is 0 Å². The number of hydrogen-bond donors (Lipinski definition) is 1. The zero-order valence-electron chi connectivity index (χ0n) is 13.0. The van der Waals surface area contributed by atoms with Gasteiger partial charge in [-0.2, -0.15) is 5.26 Å². The zero-order valence-corrected chi connectivity index (χ0v) is 13.0. The molecule has 2 aromatic carbocycles. The highest BCUT2D eigenvalue weighted by Gasteiger charge is 2.34. The first kappa shape index (κ1) is 15.8. The van der Waals surface area contributed by atoms with Crippen molar-refractivity contribution in [3.63, 3.8) is 0 Å². The number of likely N-dealkylation sites (tertiary alicyclic amines) is 1. The number of rotatable bonds is 3. The number of aliphatic carboxylic acids is 1. The van der Waals surface area contributed by atoms with Crippen LogP contribution in [0.4, 0.5) is 0 Å². The van der Waals surface area contributed by atoms with Gasteiger partial charge in [-0.25, -0.2) is 4.79 Å². The van der Waals surface area contributed by atoms with Gasteiger partial charge >= 0.3 is 5.97 Å². The predicted octanol–water partition coefficient (Wildman–Crippen LogP) is 2.91. The van der Waals surface area contributed by atoms with E-state index in [1.807, 2.05) is 12.1 Å². The molecule has 24 heavy (non-hydrogen) atoms. The second kappa shape index (κ2) is 6.55. The fourth-order valence-electron chi connectivity index (χ4n) is 3.06. The van der Waals surface area contributed by atoms with Crippen molar-refractivity contribution in [2.24, 2.45) is 0 Å². The molecule has 0 aromatic heterocycles. The van der Waals surface area contributed by atoms with Gasteiger partial charge in [-0.15, -0.1) is 0 Å². The average molecular weight is 320 g/mol. The summed E-state index contributed by atoms with van der Waals surface area (Å²) >= 11 is 0. The molecule has 3 rings (SSSR count). The lowest BCUT2D eigenvalue weighted by molar-refractivity contribution is -0.141. The normalized spacial score (nSPS) is 16.6. The number of carboxylic acids is 1. The van der Waals surface area contributed by atoms with Crippen molar-refractivity contribution in [3.8, 4) is 17.2 Å². The summed E-state index contributed by atoms with van der Waals surface area (Å²) in [5, 5.41) is 18.4. The number of carboxylic acid groups (broad SMARTS) is 1. The van der Waals surface area contributed by atoms with E-state index in [-0.39, 0.29) is 5.91 Å². The molecule has 0 aliphatic carbocycles. The fourth-order valence-corrected chi connectivity index (χ4v) is 3.06. The molecule has 1 amide bonds. The Morgan fingerprint density at radius 2 is 1.83 bits per heavy atom. The summed E-state index contributed by atoms with van der Waals surface area (Å²) in [7, 11) is 0. The summed E-state index contributed by atoms with van der Waals surface area (Å²) in [6, 6.07) is 15.6. The molecule has 1 aliphatic heterocycles. The summed E-state index contributed by atoms with van der Waals surface area (Å²) in [6.45, 7) is 0.467. The van der Waals surface area contributed by atoms with Gasteiger partial charge in [-0.05, 0) is 42.2 Å². The van der Waals surface area contributed by atoms with Gasteiger partial charge in [0.2, 0.25) is 0 Å². The van der Waals surface area contributed by atoms with E-state index in [0.717, 1.165) is 11.1 Å². The first-order valence-corrected chi connectivity index (χ1v) is 7.75. The minimum Gasteiger partial charge on any atom is -0.480 e. The lowest BCUT2D eigenvalue weighted by atomic mass is 9.99. The first-order chi connectivity index (χ1) is 11.6. The summed E-state index contributed by atoms with van der Waals surface area (Å²) in [5.41, 5.74) is 2.69. The number of benzene rings is 2. The van der Waals surface area contributed by atoms with Gasteiger partial charge in [0.15, 0.2) is 0 Å². The molecule has 0 bridgehead atoms. The molecule has 5 heteroatoms. The molecule has 0 spiro atoms. The molecule has 1 unspecified atom stereocenters. The van der Waals surface area contributed by atoms with Gasteiger partial charge in [0.05, 0.1) is 11.6 Å². The van der Waals surface area contributed by atoms with E-state index in [2.05, 4.69) is 6.07 Å². The van der Waals surface area contributed by atoms with Crippen LogP contribution in [0.25, 0.3) is 11.1 Å². The fraction of sp³-hybridized carbons (Fsp3) is 0.211. The van der Waals surface area contributed by atoms with E-state index in [9.17, 15) is 20.0 Å². The minimum atomic E-state index is -0.958. The van der Waals surface area contributed by atoms with E-state index in [0.29, 0.717) is 30.5 Å². The maximum atomic E-state index is 12.5. The topological polar surface area (TPSA) is 81.4 Å². The van der Waals surface area contributed by atoms with E-state index in [4.69, 9.17) is 0 Å². The Morgan fingerprint density at radius 3 is 2.50 bits per heavy atom. The standard InChI is InChI=1S/C19H16N2O3/c20-12-15-4-1-2-5-16(15)13-7-9-14(10-8-13)18(22)21-11-3-6-17(21)19(23)24/h1-2,4-5,7-10,17H,3,6,11H2,(H,23,24). The van der Waals surface area contributed by atoms with Gasteiger partial charge in [0.1, 0.15) is 6.04 Å². The molecular weight excluding hydrogens is 304 g/mol. The Bertz CT molecular complexity index is 821. The smallest absolute Gasteiger partial charge is 0.326 e. The van der Waals surface area contributed by atoms with Crippen LogP contribution in [0.5, 0.6) is 0 Å². The number of carbonyl (C=O) groups excluding carboxylic acids is 1. The lowest BCUT2D eigenvalue weighted by Gasteiger charge is -2.21. The van der Waals surface area contributed by atoms with Gasteiger partial charge in [0, 0.05) is 12.1 Å². The van der Waals surface area contributed by atoms with Gasteiger partial charge in [-0.1, -0.05) is 30.3 Å². The molecule has 2 aromatic rings. The Labute approximate surface area is 139 Å². The molecular formula is C19H16N2O3.